The quantitative estimate of drug-likeness (QED) is 0.373. The lowest BCUT2D eigenvalue weighted by Crippen LogP contribution is -2.28. The van der Waals surface area contributed by atoms with Crippen LogP contribution in [0.15, 0.2) is 18.6 Å². The highest BCUT2D eigenvalue weighted by Crippen LogP contribution is 2.09. The lowest BCUT2D eigenvalue weighted by Gasteiger charge is -2.10. The maximum Gasteiger partial charge on any atom is 0.0779 e. The lowest BCUT2D eigenvalue weighted by molar-refractivity contribution is 0.551. The molecule has 0 aliphatic rings. The summed E-state index contributed by atoms with van der Waals surface area (Å²) in [6, 6.07) is -0.108. The minimum Gasteiger partial charge on any atom is -0.271 e. The number of nitrogens with zero attached hydrogens (tertiary/aromatic N) is 2. The third kappa shape index (κ3) is 2.02. The zero-order valence-electron chi connectivity index (χ0n) is 6.57. The van der Waals surface area contributed by atoms with Crippen LogP contribution in [-0.2, 0) is 0 Å². The molecular formula is C8H10N4. The molecule has 0 saturated heterocycles. The van der Waals surface area contributed by atoms with E-state index in [1.165, 1.54) is 0 Å². The van der Waals surface area contributed by atoms with E-state index in [-0.39, 0.29) is 6.04 Å². The van der Waals surface area contributed by atoms with Crippen LogP contribution < -0.4 is 11.3 Å². The van der Waals surface area contributed by atoms with Crippen molar-refractivity contribution < 1.29 is 0 Å². The summed E-state index contributed by atoms with van der Waals surface area (Å²) in [4.78, 5) is 7.98. The monoisotopic (exact) mass is 162 g/mol. The predicted molar refractivity (Wildman–Crippen MR) is 45.5 cm³/mol. The molecule has 1 aromatic heterocycles. The molecule has 4 nitrogen and oxygen atoms in total. The zero-order valence-corrected chi connectivity index (χ0v) is 6.57. The number of hydrazine groups is 1. The van der Waals surface area contributed by atoms with E-state index < -0.39 is 0 Å². The van der Waals surface area contributed by atoms with Gasteiger partial charge in [0.25, 0.3) is 0 Å². The predicted octanol–water partition coefficient (Wildman–Crippen LogP) is 0.00430. The van der Waals surface area contributed by atoms with Crippen molar-refractivity contribution in [3.63, 3.8) is 0 Å². The topological polar surface area (TPSA) is 63.8 Å². The van der Waals surface area contributed by atoms with Crippen LogP contribution >= 0.6 is 0 Å². The van der Waals surface area contributed by atoms with Crippen molar-refractivity contribution in [1.82, 2.24) is 15.4 Å². The van der Waals surface area contributed by atoms with Gasteiger partial charge in [-0.2, -0.15) is 0 Å². The third-order valence-corrected chi connectivity index (χ3v) is 1.46. The molecule has 0 aliphatic heterocycles. The second-order valence-electron chi connectivity index (χ2n) is 2.26. The second-order valence-corrected chi connectivity index (χ2v) is 2.26. The molecule has 62 valence electrons. The highest BCUT2D eigenvalue weighted by atomic mass is 15.2. The van der Waals surface area contributed by atoms with Gasteiger partial charge in [-0.3, -0.25) is 21.2 Å². The molecule has 4 heteroatoms. The van der Waals surface area contributed by atoms with E-state index in [1.807, 2.05) is 0 Å². The molecule has 0 fully saturated rings. The van der Waals surface area contributed by atoms with Crippen LogP contribution in [0.2, 0.25) is 0 Å². The summed E-state index contributed by atoms with van der Waals surface area (Å²) >= 11 is 0. The Hall–Kier alpha value is -1.44. The van der Waals surface area contributed by atoms with Crippen molar-refractivity contribution in [2.24, 2.45) is 5.84 Å². The van der Waals surface area contributed by atoms with Gasteiger partial charge in [-0.1, -0.05) is 0 Å². The molecule has 1 aromatic rings. The van der Waals surface area contributed by atoms with Crippen molar-refractivity contribution >= 4 is 0 Å². The van der Waals surface area contributed by atoms with Crippen LogP contribution in [0.5, 0.6) is 0 Å². The fraction of sp³-hybridized carbons (Fsp3) is 0.250. The van der Waals surface area contributed by atoms with Crippen molar-refractivity contribution in [2.75, 3.05) is 0 Å². The molecule has 0 aliphatic carbocycles. The number of hydrogen-bond acceptors (Lipinski definition) is 4. The maximum absolute atomic E-state index is 5.28. The van der Waals surface area contributed by atoms with Gasteiger partial charge in [0, 0.05) is 18.8 Å². The first kappa shape index (κ1) is 8.65. The van der Waals surface area contributed by atoms with E-state index in [0.29, 0.717) is 6.42 Å². The summed E-state index contributed by atoms with van der Waals surface area (Å²) in [6.45, 7) is 0. The van der Waals surface area contributed by atoms with Crippen molar-refractivity contribution in [3.8, 4) is 12.3 Å². The van der Waals surface area contributed by atoms with E-state index in [4.69, 9.17) is 12.3 Å². The minimum absolute atomic E-state index is 0.108. The molecule has 0 saturated carbocycles. The number of hydrogen-bond donors (Lipinski definition) is 2. The van der Waals surface area contributed by atoms with Crippen LogP contribution in [0.25, 0.3) is 0 Å². The Morgan fingerprint density at radius 2 is 2.50 bits per heavy atom. The van der Waals surface area contributed by atoms with Crippen LogP contribution in [0.3, 0.4) is 0 Å². The molecule has 0 bridgehead atoms. The number of aromatic nitrogens is 2. The van der Waals surface area contributed by atoms with Gasteiger partial charge in [-0.25, -0.2) is 0 Å². The highest BCUT2D eigenvalue weighted by molar-refractivity contribution is 5.05. The second kappa shape index (κ2) is 4.44. The van der Waals surface area contributed by atoms with E-state index in [9.17, 15) is 0 Å². The molecule has 3 N–H and O–H groups in total. The van der Waals surface area contributed by atoms with Gasteiger partial charge in [0.15, 0.2) is 0 Å². The first-order chi connectivity index (χ1) is 5.88. The average Bonchev–Trinajstić information content (AvgIpc) is 2.15. The maximum atomic E-state index is 5.28. The molecule has 1 atom stereocenters. The van der Waals surface area contributed by atoms with Crippen LogP contribution in [0.4, 0.5) is 0 Å². The van der Waals surface area contributed by atoms with Gasteiger partial charge in [0.2, 0.25) is 0 Å². The Morgan fingerprint density at radius 1 is 1.67 bits per heavy atom. The van der Waals surface area contributed by atoms with Crippen LogP contribution in [-0.4, -0.2) is 9.97 Å². The Labute approximate surface area is 71.2 Å². The molecule has 1 rings (SSSR count). The Morgan fingerprint density at radius 3 is 3.00 bits per heavy atom. The van der Waals surface area contributed by atoms with Gasteiger partial charge >= 0.3 is 0 Å². The first-order valence-electron chi connectivity index (χ1n) is 3.54. The molecule has 0 radical (unpaired) electrons. The van der Waals surface area contributed by atoms with E-state index in [2.05, 4.69) is 21.3 Å². The van der Waals surface area contributed by atoms with Gasteiger partial charge in [-0.05, 0) is 0 Å². The summed E-state index contributed by atoms with van der Waals surface area (Å²) < 4.78 is 0. The molecule has 0 spiro atoms. The average molecular weight is 162 g/mol. The lowest BCUT2D eigenvalue weighted by atomic mass is 10.1. The van der Waals surface area contributed by atoms with Crippen molar-refractivity contribution in [1.29, 1.82) is 0 Å². The number of nitrogens with two attached hydrogens (primary N) is 1. The largest absolute Gasteiger partial charge is 0.271 e. The summed E-state index contributed by atoms with van der Waals surface area (Å²) in [6.07, 6.45) is 10.5. The summed E-state index contributed by atoms with van der Waals surface area (Å²) in [7, 11) is 0. The van der Waals surface area contributed by atoms with Gasteiger partial charge in [-0.15, -0.1) is 12.3 Å². The summed E-state index contributed by atoms with van der Waals surface area (Å²) in [5.74, 6) is 7.78. The molecule has 1 unspecified atom stereocenters. The number of terminal acetylenes is 1. The van der Waals surface area contributed by atoms with Crippen LogP contribution in [0, 0.1) is 12.3 Å². The van der Waals surface area contributed by atoms with E-state index >= 15 is 0 Å². The van der Waals surface area contributed by atoms with Crippen molar-refractivity contribution in [3.05, 3.63) is 24.3 Å². The number of rotatable bonds is 3. The normalized spacial score (nSPS) is 12.0. The molecular weight excluding hydrogens is 152 g/mol. The Bertz CT molecular complexity index is 264. The van der Waals surface area contributed by atoms with Crippen molar-refractivity contribution in [2.45, 2.75) is 12.5 Å². The van der Waals surface area contributed by atoms with E-state index in [1.54, 1.807) is 18.6 Å². The molecule has 0 amide bonds. The first-order valence-corrected chi connectivity index (χ1v) is 3.54. The van der Waals surface area contributed by atoms with E-state index in [0.717, 1.165) is 5.69 Å². The summed E-state index contributed by atoms with van der Waals surface area (Å²) in [5.41, 5.74) is 3.34. The van der Waals surface area contributed by atoms with Gasteiger partial charge in [0.1, 0.15) is 0 Å². The fourth-order valence-corrected chi connectivity index (χ4v) is 0.857. The third-order valence-electron chi connectivity index (χ3n) is 1.46. The van der Waals surface area contributed by atoms with Gasteiger partial charge in [0.05, 0.1) is 17.9 Å². The summed E-state index contributed by atoms with van der Waals surface area (Å²) in [5, 5.41) is 0. The highest BCUT2D eigenvalue weighted by Gasteiger charge is 2.08. The number of nitrogens with one attached hydrogen (secondary N) is 1. The SMILES string of the molecule is C#CCC(NN)c1cnccn1. The smallest absolute Gasteiger partial charge is 0.0779 e. The zero-order chi connectivity index (χ0) is 8.81. The molecule has 0 aromatic carbocycles. The fourth-order valence-electron chi connectivity index (χ4n) is 0.857. The molecule has 1 heterocycles. The Kier molecular flexibility index (Phi) is 3.20. The van der Waals surface area contributed by atoms with Gasteiger partial charge < -0.3 is 0 Å². The standard InChI is InChI=1S/C8H10N4/c1-2-3-7(12-9)8-6-10-4-5-11-8/h1,4-7,12H,3,9H2. The Balaban J connectivity index is 2.75. The van der Waals surface area contributed by atoms with Crippen LogP contribution in [0.1, 0.15) is 18.2 Å². The minimum atomic E-state index is -0.108. The molecule has 12 heavy (non-hydrogen) atoms.